The van der Waals surface area contributed by atoms with Crippen molar-refractivity contribution in [3.63, 3.8) is 0 Å². The molecule has 0 bridgehead atoms. The smallest absolute Gasteiger partial charge is 0.00297 e. The highest BCUT2D eigenvalue weighted by molar-refractivity contribution is 6.04. The van der Waals surface area contributed by atoms with Gasteiger partial charge in [0.2, 0.25) is 0 Å². The summed E-state index contributed by atoms with van der Waals surface area (Å²) in [6.45, 7) is 16.5. The number of benzene rings is 3. The maximum absolute atomic E-state index is 4.05. The summed E-state index contributed by atoms with van der Waals surface area (Å²) in [5.74, 6) is 0. The normalized spacial score (nSPS) is 12.7. The Morgan fingerprint density at radius 1 is 0.821 bits per heavy atom. The lowest BCUT2D eigenvalue weighted by atomic mass is 9.87. The Morgan fingerprint density at radius 3 is 2.00 bits per heavy atom. The molecule has 0 radical (unpaired) electrons. The number of allylic oxidation sites excluding steroid dienone is 3. The number of hydrogen-bond acceptors (Lipinski definition) is 0. The summed E-state index contributed by atoms with van der Waals surface area (Å²) in [6, 6.07) is 17.5. The van der Waals surface area contributed by atoms with Gasteiger partial charge in [-0.2, -0.15) is 0 Å². The van der Waals surface area contributed by atoms with Crippen molar-refractivity contribution in [3.05, 3.63) is 88.8 Å². The Labute approximate surface area is 170 Å². The Hall–Kier alpha value is -2.86. The predicted molar refractivity (Wildman–Crippen MR) is 129 cm³/mol. The van der Waals surface area contributed by atoms with E-state index in [-0.39, 0.29) is 0 Å². The van der Waals surface area contributed by atoms with Crippen LogP contribution in [0.1, 0.15) is 45.7 Å². The molecule has 0 heteroatoms. The molecule has 0 atom stereocenters. The Bertz CT molecular complexity index is 1120. The van der Waals surface area contributed by atoms with Gasteiger partial charge in [-0.1, -0.05) is 98.8 Å². The van der Waals surface area contributed by atoms with Crippen molar-refractivity contribution in [1.82, 2.24) is 0 Å². The highest BCUT2D eigenvalue weighted by Crippen LogP contribution is 2.30. The van der Waals surface area contributed by atoms with Crippen molar-refractivity contribution in [3.8, 4) is 11.1 Å². The van der Waals surface area contributed by atoms with Gasteiger partial charge in [-0.25, -0.2) is 0 Å². The average Bonchev–Trinajstić information content (AvgIpc) is 2.75. The molecule has 0 heterocycles. The molecule has 0 amide bonds. The zero-order valence-corrected chi connectivity index (χ0v) is 18.1. The molecule has 0 aliphatic carbocycles. The van der Waals surface area contributed by atoms with E-state index in [0.717, 1.165) is 0 Å². The summed E-state index contributed by atoms with van der Waals surface area (Å²) in [6.07, 6.45) is 8.57. The second kappa shape index (κ2) is 9.90. The summed E-state index contributed by atoms with van der Waals surface area (Å²) < 4.78 is 0. The first-order valence-electron chi connectivity index (χ1n) is 10.2. The van der Waals surface area contributed by atoms with Gasteiger partial charge in [0.1, 0.15) is 0 Å². The van der Waals surface area contributed by atoms with Gasteiger partial charge in [0, 0.05) is 0 Å². The minimum absolute atomic E-state index is 1.17. The molecule has 0 aliphatic heterocycles. The van der Waals surface area contributed by atoms with Crippen molar-refractivity contribution in [1.29, 1.82) is 0 Å². The lowest BCUT2D eigenvalue weighted by Crippen LogP contribution is -2.30. The number of hydrogen-bond donors (Lipinski definition) is 0. The molecule has 0 saturated carbocycles. The van der Waals surface area contributed by atoms with Gasteiger partial charge in [0.25, 0.3) is 0 Å². The van der Waals surface area contributed by atoms with Crippen molar-refractivity contribution in [2.24, 2.45) is 0 Å². The number of aryl methyl sites for hydroxylation is 1. The zero-order chi connectivity index (χ0) is 20.7. The predicted octanol–water partition coefficient (Wildman–Crippen LogP) is 7.03. The van der Waals surface area contributed by atoms with E-state index < -0.39 is 0 Å². The molecular formula is C28H32. The molecule has 0 aliphatic rings. The quantitative estimate of drug-likeness (QED) is 0.435. The van der Waals surface area contributed by atoms with Gasteiger partial charge in [0.05, 0.1) is 0 Å². The zero-order valence-electron chi connectivity index (χ0n) is 18.1. The van der Waals surface area contributed by atoms with E-state index in [2.05, 4.69) is 101 Å². The molecular weight excluding hydrogens is 336 g/mol. The van der Waals surface area contributed by atoms with E-state index in [1.165, 1.54) is 49.0 Å². The molecule has 0 aromatic heterocycles. The summed E-state index contributed by atoms with van der Waals surface area (Å²) >= 11 is 0. The average molecular weight is 369 g/mol. The summed E-state index contributed by atoms with van der Waals surface area (Å²) in [4.78, 5) is 0. The second-order valence-electron chi connectivity index (χ2n) is 6.52. The van der Waals surface area contributed by atoms with Crippen molar-refractivity contribution >= 4 is 28.5 Å². The topological polar surface area (TPSA) is 0 Å². The summed E-state index contributed by atoms with van der Waals surface area (Å²) in [7, 11) is 0. The van der Waals surface area contributed by atoms with Crippen LogP contribution in [-0.2, 0) is 0 Å². The van der Waals surface area contributed by atoms with Gasteiger partial charge >= 0.3 is 0 Å². The molecule has 3 aromatic carbocycles. The first-order chi connectivity index (χ1) is 13.7. The molecule has 28 heavy (non-hydrogen) atoms. The molecule has 0 unspecified atom stereocenters. The van der Waals surface area contributed by atoms with Gasteiger partial charge in [-0.05, 0) is 71.2 Å². The SMILES string of the molecule is C=C/C(=C\C)c1c(=C/C)/c(=C\C)c(-c2cccc(C)c2)c2ccccc12.CC. The van der Waals surface area contributed by atoms with Crippen molar-refractivity contribution < 1.29 is 0 Å². The Kier molecular flexibility index (Phi) is 7.58. The largest absolute Gasteiger partial charge is 0.0985 e. The van der Waals surface area contributed by atoms with E-state index in [9.17, 15) is 0 Å². The number of fused-ring (bicyclic) bond motifs is 1. The fourth-order valence-electron chi connectivity index (χ4n) is 3.87. The Morgan fingerprint density at radius 2 is 1.46 bits per heavy atom. The standard InChI is InChI=1S/C26H26.C2H6/c1-6-19(7-2)25-21(8-3)22(9-4)26(20-14-12-13-18(5)17-20)24-16-11-10-15-23(24)25;1-2/h6-17H,1H2,2-5H3;1-2H3/b19-7+,21-8+,22-9+;. The van der Waals surface area contributed by atoms with Crippen LogP contribution in [0, 0.1) is 6.92 Å². The molecule has 0 N–H and O–H groups in total. The minimum Gasteiger partial charge on any atom is -0.0985 e. The maximum atomic E-state index is 4.05. The van der Waals surface area contributed by atoms with Crippen molar-refractivity contribution in [2.45, 2.75) is 41.5 Å². The Balaban J connectivity index is 0.00000136. The van der Waals surface area contributed by atoms with Gasteiger partial charge < -0.3 is 0 Å². The highest BCUT2D eigenvalue weighted by atomic mass is 14.2. The first-order valence-corrected chi connectivity index (χ1v) is 10.2. The molecule has 144 valence electrons. The molecule has 3 rings (SSSR count). The third-order valence-corrected chi connectivity index (χ3v) is 5.00. The monoisotopic (exact) mass is 368 g/mol. The lowest BCUT2D eigenvalue weighted by Gasteiger charge is -2.16. The van der Waals surface area contributed by atoms with Crippen molar-refractivity contribution in [2.75, 3.05) is 0 Å². The maximum Gasteiger partial charge on any atom is -0.00297 e. The molecule has 0 spiro atoms. The van der Waals surface area contributed by atoms with Crippen LogP contribution in [-0.4, -0.2) is 0 Å². The molecule has 0 fully saturated rings. The van der Waals surface area contributed by atoms with E-state index >= 15 is 0 Å². The molecule has 3 aromatic rings. The first kappa shape index (κ1) is 21.4. The van der Waals surface area contributed by atoms with Gasteiger partial charge in [0.15, 0.2) is 0 Å². The fraction of sp³-hybridized carbons (Fsp3) is 0.214. The van der Waals surface area contributed by atoms with E-state index in [1.807, 2.05) is 19.9 Å². The van der Waals surface area contributed by atoms with E-state index in [4.69, 9.17) is 0 Å². The van der Waals surface area contributed by atoms with E-state index in [1.54, 1.807) is 0 Å². The highest BCUT2D eigenvalue weighted by Gasteiger charge is 2.13. The minimum atomic E-state index is 1.17. The van der Waals surface area contributed by atoms with Crippen LogP contribution in [0.3, 0.4) is 0 Å². The van der Waals surface area contributed by atoms with Gasteiger partial charge in [-0.3, -0.25) is 0 Å². The molecule has 0 saturated heterocycles. The van der Waals surface area contributed by atoms with Crippen LogP contribution in [0.25, 0.3) is 39.6 Å². The van der Waals surface area contributed by atoms with Crippen LogP contribution >= 0.6 is 0 Å². The fourth-order valence-corrected chi connectivity index (χ4v) is 3.87. The van der Waals surface area contributed by atoms with Crippen LogP contribution in [0.5, 0.6) is 0 Å². The second-order valence-corrected chi connectivity index (χ2v) is 6.52. The van der Waals surface area contributed by atoms with Gasteiger partial charge in [-0.15, -0.1) is 0 Å². The molecule has 0 nitrogen and oxygen atoms in total. The third kappa shape index (κ3) is 3.87. The van der Waals surface area contributed by atoms with Crippen LogP contribution in [0.4, 0.5) is 0 Å². The summed E-state index contributed by atoms with van der Waals surface area (Å²) in [5, 5.41) is 5.12. The number of rotatable bonds is 3. The van der Waals surface area contributed by atoms with Crippen LogP contribution in [0.2, 0.25) is 0 Å². The summed E-state index contributed by atoms with van der Waals surface area (Å²) in [5.41, 5.74) is 6.30. The van der Waals surface area contributed by atoms with Crippen LogP contribution in [0.15, 0.2) is 67.3 Å². The lowest BCUT2D eigenvalue weighted by molar-refractivity contribution is 1.44. The van der Waals surface area contributed by atoms with Crippen LogP contribution < -0.4 is 10.4 Å². The third-order valence-electron chi connectivity index (χ3n) is 5.00. The van der Waals surface area contributed by atoms with E-state index in [0.29, 0.717) is 0 Å².